The average Bonchev–Trinajstić information content (AvgIpc) is 3.24. The molecular formula is C24H20BrN3O. The summed E-state index contributed by atoms with van der Waals surface area (Å²) < 4.78 is 2.88. The van der Waals surface area contributed by atoms with E-state index >= 15 is 0 Å². The Morgan fingerprint density at radius 1 is 1.03 bits per heavy atom. The molecule has 0 fully saturated rings. The Morgan fingerprint density at radius 3 is 2.55 bits per heavy atom. The van der Waals surface area contributed by atoms with Gasteiger partial charge < -0.3 is 5.32 Å². The highest BCUT2D eigenvalue weighted by atomic mass is 79.9. The largest absolute Gasteiger partial charge is 0.322 e. The quantitative estimate of drug-likeness (QED) is 0.414. The number of nitrogens with one attached hydrogen (secondary N) is 1. The summed E-state index contributed by atoms with van der Waals surface area (Å²) in [6.45, 7) is 2.70. The Balaban J connectivity index is 1.58. The summed E-state index contributed by atoms with van der Waals surface area (Å²) in [6.07, 6.45) is 3.72. The van der Waals surface area contributed by atoms with E-state index in [2.05, 4.69) is 50.6 Å². The van der Waals surface area contributed by atoms with Crippen LogP contribution in [0.4, 0.5) is 5.69 Å². The van der Waals surface area contributed by atoms with Gasteiger partial charge >= 0.3 is 0 Å². The number of hydrogen-bond donors (Lipinski definition) is 1. The first-order valence-corrected chi connectivity index (χ1v) is 10.1. The van der Waals surface area contributed by atoms with Crippen molar-refractivity contribution in [2.24, 2.45) is 0 Å². The highest BCUT2D eigenvalue weighted by molar-refractivity contribution is 9.10. The molecule has 0 aliphatic heterocycles. The maximum atomic E-state index is 13.0. The van der Waals surface area contributed by atoms with Crippen LogP contribution in [0.25, 0.3) is 11.1 Å². The summed E-state index contributed by atoms with van der Waals surface area (Å²) in [4.78, 5) is 13.0. The van der Waals surface area contributed by atoms with Crippen LogP contribution >= 0.6 is 15.9 Å². The first-order chi connectivity index (χ1) is 14.1. The number of carbonyl (C=O) groups is 1. The molecule has 0 bridgehead atoms. The third-order valence-electron chi connectivity index (χ3n) is 4.78. The standard InChI is InChI=1S/C24H20BrN3O/c1-17-15-20(25)11-12-23(17)27-24(29)22-6-3-2-5-21(22)19-9-7-18(8-10-19)16-28-14-4-13-26-28/h2-15H,16H2,1H3,(H,27,29). The van der Waals surface area contributed by atoms with Gasteiger partial charge in [0.05, 0.1) is 6.54 Å². The Hall–Kier alpha value is -3.18. The molecule has 0 saturated heterocycles. The summed E-state index contributed by atoms with van der Waals surface area (Å²) in [5.41, 5.74) is 5.54. The fourth-order valence-corrected chi connectivity index (χ4v) is 3.74. The lowest BCUT2D eigenvalue weighted by atomic mass is 9.98. The van der Waals surface area contributed by atoms with Crippen LogP contribution < -0.4 is 5.32 Å². The number of nitrogens with zero attached hydrogens (tertiary/aromatic N) is 2. The van der Waals surface area contributed by atoms with E-state index in [1.165, 1.54) is 0 Å². The molecule has 0 aliphatic rings. The van der Waals surface area contributed by atoms with Crippen LogP contribution in [0.15, 0.2) is 89.7 Å². The lowest BCUT2D eigenvalue weighted by Gasteiger charge is -2.13. The second-order valence-corrected chi connectivity index (χ2v) is 7.78. The van der Waals surface area contributed by atoms with Crippen molar-refractivity contribution in [3.05, 3.63) is 106 Å². The molecule has 1 N–H and O–H groups in total. The van der Waals surface area contributed by atoms with Crippen molar-refractivity contribution in [1.29, 1.82) is 0 Å². The molecule has 5 heteroatoms. The topological polar surface area (TPSA) is 46.9 Å². The summed E-state index contributed by atoms with van der Waals surface area (Å²) in [6, 6.07) is 23.7. The summed E-state index contributed by atoms with van der Waals surface area (Å²) in [5.74, 6) is -0.119. The first-order valence-electron chi connectivity index (χ1n) is 9.33. The van der Waals surface area contributed by atoms with Gasteiger partial charge in [0, 0.05) is 28.1 Å². The number of rotatable bonds is 5. The van der Waals surface area contributed by atoms with Crippen molar-refractivity contribution in [2.75, 3.05) is 5.32 Å². The van der Waals surface area contributed by atoms with Gasteiger partial charge in [-0.05, 0) is 59.5 Å². The summed E-state index contributed by atoms with van der Waals surface area (Å²) in [5, 5.41) is 7.28. The molecule has 29 heavy (non-hydrogen) atoms. The second kappa shape index (κ2) is 8.45. The Morgan fingerprint density at radius 2 is 1.83 bits per heavy atom. The number of benzene rings is 3. The van der Waals surface area contributed by atoms with Crippen LogP contribution in [0.5, 0.6) is 0 Å². The Bertz CT molecular complexity index is 1140. The number of anilines is 1. The summed E-state index contributed by atoms with van der Waals surface area (Å²) in [7, 11) is 0. The van der Waals surface area contributed by atoms with Crippen LogP contribution in [-0.2, 0) is 6.54 Å². The molecule has 0 radical (unpaired) electrons. The maximum absolute atomic E-state index is 13.0. The van der Waals surface area contributed by atoms with Crippen LogP contribution in [-0.4, -0.2) is 15.7 Å². The number of amides is 1. The molecule has 0 unspecified atom stereocenters. The smallest absolute Gasteiger partial charge is 0.256 e. The zero-order chi connectivity index (χ0) is 20.2. The first kappa shape index (κ1) is 19.2. The van der Waals surface area contributed by atoms with Gasteiger partial charge in [0.15, 0.2) is 0 Å². The zero-order valence-corrected chi connectivity index (χ0v) is 17.6. The van der Waals surface area contributed by atoms with Crippen molar-refractivity contribution >= 4 is 27.5 Å². The molecule has 1 aromatic heterocycles. The van der Waals surface area contributed by atoms with E-state index in [1.807, 2.05) is 66.3 Å². The second-order valence-electron chi connectivity index (χ2n) is 6.86. The molecule has 0 spiro atoms. The van der Waals surface area contributed by atoms with Gasteiger partial charge in [0.1, 0.15) is 0 Å². The van der Waals surface area contributed by atoms with E-state index in [0.717, 1.165) is 39.0 Å². The monoisotopic (exact) mass is 445 g/mol. The molecule has 1 amide bonds. The normalized spacial score (nSPS) is 10.7. The van der Waals surface area contributed by atoms with E-state index in [9.17, 15) is 4.79 Å². The van der Waals surface area contributed by atoms with Gasteiger partial charge in [-0.1, -0.05) is 58.4 Å². The lowest BCUT2D eigenvalue weighted by Crippen LogP contribution is -2.14. The minimum Gasteiger partial charge on any atom is -0.322 e. The van der Waals surface area contributed by atoms with E-state index in [-0.39, 0.29) is 5.91 Å². The molecule has 0 atom stereocenters. The van der Waals surface area contributed by atoms with Gasteiger partial charge in [0.25, 0.3) is 5.91 Å². The van der Waals surface area contributed by atoms with Gasteiger partial charge in [0.2, 0.25) is 0 Å². The molecule has 3 aromatic carbocycles. The molecule has 0 saturated carbocycles. The minimum absolute atomic E-state index is 0.119. The average molecular weight is 446 g/mol. The summed E-state index contributed by atoms with van der Waals surface area (Å²) >= 11 is 3.46. The SMILES string of the molecule is Cc1cc(Br)ccc1NC(=O)c1ccccc1-c1ccc(Cn2cccn2)cc1. The van der Waals surface area contributed by atoms with E-state index in [0.29, 0.717) is 5.56 Å². The predicted molar refractivity (Wildman–Crippen MR) is 120 cm³/mol. The third-order valence-corrected chi connectivity index (χ3v) is 5.27. The number of hydrogen-bond acceptors (Lipinski definition) is 2. The molecule has 0 aliphatic carbocycles. The fourth-order valence-electron chi connectivity index (χ4n) is 3.26. The van der Waals surface area contributed by atoms with Crippen molar-refractivity contribution < 1.29 is 4.79 Å². The number of carbonyl (C=O) groups excluding carboxylic acids is 1. The molecule has 144 valence electrons. The van der Waals surface area contributed by atoms with E-state index < -0.39 is 0 Å². The van der Waals surface area contributed by atoms with Gasteiger partial charge in [-0.25, -0.2) is 0 Å². The Kier molecular flexibility index (Phi) is 5.58. The van der Waals surface area contributed by atoms with Crippen LogP contribution in [0.1, 0.15) is 21.5 Å². The highest BCUT2D eigenvalue weighted by Gasteiger charge is 2.13. The number of halogens is 1. The van der Waals surface area contributed by atoms with Crippen molar-refractivity contribution in [2.45, 2.75) is 13.5 Å². The third kappa shape index (κ3) is 4.46. The molecular weight excluding hydrogens is 426 g/mol. The van der Waals surface area contributed by atoms with Crippen LogP contribution in [0.2, 0.25) is 0 Å². The zero-order valence-electron chi connectivity index (χ0n) is 16.0. The molecule has 1 heterocycles. The lowest BCUT2D eigenvalue weighted by molar-refractivity contribution is 0.102. The molecule has 4 nitrogen and oxygen atoms in total. The van der Waals surface area contributed by atoms with Gasteiger partial charge in [-0.15, -0.1) is 0 Å². The molecule has 4 aromatic rings. The maximum Gasteiger partial charge on any atom is 0.256 e. The minimum atomic E-state index is -0.119. The molecule has 4 rings (SSSR count). The van der Waals surface area contributed by atoms with Gasteiger partial charge in [-0.2, -0.15) is 5.10 Å². The van der Waals surface area contributed by atoms with Gasteiger partial charge in [-0.3, -0.25) is 9.48 Å². The Labute approximate surface area is 178 Å². The van der Waals surface area contributed by atoms with Crippen molar-refractivity contribution in [1.82, 2.24) is 9.78 Å². The fraction of sp³-hybridized carbons (Fsp3) is 0.0833. The number of aryl methyl sites for hydroxylation is 1. The number of aromatic nitrogens is 2. The van der Waals surface area contributed by atoms with Crippen LogP contribution in [0, 0.1) is 6.92 Å². The van der Waals surface area contributed by atoms with Crippen molar-refractivity contribution in [3.63, 3.8) is 0 Å². The van der Waals surface area contributed by atoms with Crippen molar-refractivity contribution in [3.8, 4) is 11.1 Å². The van der Waals surface area contributed by atoms with Crippen LogP contribution in [0.3, 0.4) is 0 Å². The van der Waals surface area contributed by atoms with E-state index in [4.69, 9.17) is 0 Å². The van der Waals surface area contributed by atoms with E-state index in [1.54, 1.807) is 6.20 Å². The predicted octanol–water partition coefficient (Wildman–Crippen LogP) is 5.92. The highest BCUT2D eigenvalue weighted by Crippen LogP contribution is 2.26.